The zero-order chi connectivity index (χ0) is 29.1. The first kappa shape index (κ1) is 31.3. The number of nitrogens with two attached hydrogens (primary N) is 1. The van der Waals surface area contributed by atoms with Crippen LogP contribution in [0, 0.1) is 11.3 Å². The van der Waals surface area contributed by atoms with Crippen LogP contribution >= 0.6 is 0 Å². The Kier molecular flexibility index (Phi) is 10.4. The van der Waals surface area contributed by atoms with E-state index in [2.05, 4.69) is 29.0 Å². The molecule has 4 amide bonds. The minimum atomic E-state index is -0.663. The molecule has 0 aromatic heterocycles. The van der Waals surface area contributed by atoms with Crippen LogP contribution in [0.5, 0.6) is 0 Å². The van der Waals surface area contributed by atoms with Gasteiger partial charge in [-0.3, -0.25) is 29.0 Å². The Morgan fingerprint density at radius 2 is 1.54 bits per heavy atom. The first-order chi connectivity index (χ1) is 18.2. The Labute approximate surface area is 235 Å². The van der Waals surface area contributed by atoms with E-state index in [9.17, 15) is 19.2 Å². The fourth-order valence-corrected chi connectivity index (χ4v) is 6.52. The fourth-order valence-electron chi connectivity index (χ4n) is 6.52. The molecule has 3 N–H and O–H groups in total. The van der Waals surface area contributed by atoms with Crippen LogP contribution in [0.2, 0.25) is 0 Å². The number of carbonyl (C=O) groups is 4. The van der Waals surface area contributed by atoms with Gasteiger partial charge in [-0.2, -0.15) is 0 Å². The lowest BCUT2D eigenvalue weighted by molar-refractivity contribution is -0.144. The van der Waals surface area contributed by atoms with Crippen molar-refractivity contribution in [1.82, 2.24) is 24.9 Å². The number of nitrogens with one attached hydrogen (secondary N) is 1. The lowest BCUT2D eigenvalue weighted by atomic mass is 9.84. The summed E-state index contributed by atoms with van der Waals surface area (Å²) in [5.74, 6) is -0.517. The van der Waals surface area contributed by atoms with Crippen LogP contribution in [-0.4, -0.2) is 114 Å². The predicted octanol–water partition coefficient (Wildman–Crippen LogP) is 1.43. The summed E-state index contributed by atoms with van der Waals surface area (Å²) in [5, 5.41) is 3.11. The molecule has 0 saturated carbocycles. The van der Waals surface area contributed by atoms with Crippen LogP contribution in [-0.2, 0) is 19.2 Å². The molecule has 0 aromatic rings. The number of primary amides is 1. The van der Waals surface area contributed by atoms with Gasteiger partial charge in [-0.15, -0.1) is 0 Å². The summed E-state index contributed by atoms with van der Waals surface area (Å²) in [6.45, 7) is 12.9. The SMILES string of the molecule is CC(C)[C@@H](CN1CCCC1C(=O)N1CCCC1C(N)=O)N(C)C(=O)[C@@H](NC(=O)C1CCCCN1C)C(C)(C)C. The highest BCUT2D eigenvalue weighted by atomic mass is 16.2. The van der Waals surface area contributed by atoms with E-state index in [1.54, 1.807) is 9.80 Å². The Morgan fingerprint density at radius 3 is 2.13 bits per heavy atom. The molecule has 3 rings (SSSR count). The second kappa shape index (κ2) is 13.0. The molecule has 0 aliphatic carbocycles. The first-order valence-corrected chi connectivity index (χ1v) is 14.8. The van der Waals surface area contributed by atoms with Gasteiger partial charge in [0.25, 0.3) is 0 Å². The summed E-state index contributed by atoms with van der Waals surface area (Å²) in [5.41, 5.74) is 5.11. The number of likely N-dealkylation sites (tertiary alicyclic amines) is 3. The normalized spacial score (nSPS) is 26.5. The van der Waals surface area contributed by atoms with E-state index in [1.807, 2.05) is 34.9 Å². The number of hydrogen-bond acceptors (Lipinski definition) is 6. The number of carbonyl (C=O) groups excluding carboxylic acids is 4. The van der Waals surface area contributed by atoms with E-state index in [0.717, 1.165) is 51.6 Å². The van der Waals surface area contributed by atoms with Crippen molar-refractivity contribution < 1.29 is 19.2 Å². The zero-order valence-corrected chi connectivity index (χ0v) is 25.2. The van der Waals surface area contributed by atoms with Gasteiger partial charge >= 0.3 is 0 Å². The van der Waals surface area contributed by atoms with Crippen LogP contribution in [0.1, 0.15) is 79.6 Å². The third-order valence-electron chi connectivity index (χ3n) is 9.02. The molecule has 0 radical (unpaired) electrons. The fraction of sp³-hybridized carbons (Fsp3) is 0.862. The maximum absolute atomic E-state index is 14.0. The number of likely N-dealkylation sites (N-methyl/N-ethyl adjacent to an activating group) is 2. The largest absolute Gasteiger partial charge is 0.368 e. The van der Waals surface area contributed by atoms with Gasteiger partial charge in [0.1, 0.15) is 12.1 Å². The summed E-state index contributed by atoms with van der Waals surface area (Å²) in [6.07, 6.45) is 5.93. The molecule has 5 atom stereocenters. The monoisotopic (exact) mass is 548 g/mol. The number of hydrogen-bond donors (Lipinski definition) is 2. The highest BCUT2D eigenvalue weighted by Crippen LogP contribution is 2.28. The molecule has 3 heterocycles. The van der Waals surface area contributed by atoms with Gasteiger partial charge in [-0.1, -0.05) is 41.0 Å². The zero-order valence-electron chi connectivity index (χ0n) is 25.2. The molecule has 39 heavy (non-hydrogen) atoms. The summed E-state index contributed by atoms with van der Waals surface area (Å²) in [7, 11) is 3.79. The van der Waals surface area contributed by atoms with Crippen molar-refractivity contribution in [2.24, 2.45) is 17.1 Å². The number of rotatable bonds is 9. The Bertz CT molecular complexity index is 903. The van der Waals surface area contributed by atoms with Gasteiger partial charge in [0.2, 0.25) is 23.6 Å². The number of amides is 4. The highest BCUT2D eigenvalue weighted by Gasteiger charge is 2.43. The van der Waals surface area contributed by atoms with Gasteiger partial charge < -0.3 is 20.9 Å². The lowest BCUT2D eigenvalue weighted by Gasteiger charge is -2.41. The molecule has 3 unspecified atom stereocenters. The second-order valence-corrected chi connectivity index (χ2v) is 13.3. The molecule has 10 nitrogen and oxygen atoms in total. The van der Waals surface area contributed by atoms with Crippen LogP contribution in [0.3, 0.4) is 0 Å². The Hall–Kier alpha value is -2.20. The maximum Gasteiger partial charge on any atom is 0.245 e. The Balaban J connectivity index is 1.74. The van der Waals surface area contributed by atoms with Gasteiger partial charge in [-0.25, -0.2) is 0 Å². The molecule has 3 aliphatic heterocycles. The van der Waals surface area contributed by atoms with Crippen LogP contribution in [0.15, 0.2) is 0 Å². The van der Waals surface area contributed by atoms with Crippen LogP contribution in [0.25, 0.3) is 0 Å². The molecule has 3 fully saturated rings. The topological polar surface area (TPSA) is 119 Å². The van der Waals surface area contributed by atoms with Crippen molar-refractivity contribution in [3.8, 4) is 0 Å². The molecular formula is C29H52N6O4. The molecule has 222 valence electrons. The quantitative estimate of drug-likeness (QED) is 0.450. The van der Waals surface area contributed by atoms with Crippen molar-refractivity contribution in [3.63, 3.8) is 0 Å². The average molecular weight is 549 g/mol. The van der Waals surface area contributed by atoms with E-state index in [0.29, 0.717) is 19.5 Å². The Morgan fingerprint density at radius 1 is 0.923 bits per heavy atom. The van der Waals surface area contributed by atoms with Crippen LogP contribution in [0.4, 0.5) is 0 Å². The van der Waals surface area contributed by atoms with Gasteiger partial charge in [0, 0.05) is 26.2 Å². The third-order valence-corrected chi connectivity index (χ3v) is 9.02. The van der Waals surface area contributed by atoms with Crippen molar-refractivity contribution in [2.45, 2.75) is 110 Å². The molecule has 0 aromatic carbocycles. The maximum atomic E-state index is 14.0. The minimum absolute atomic E-state index is 0.0262. The summed E-state index contributed by atoms with van der Waals surface area (Å²) in [6, 6.07) is -1.85. The van der Waals surface area contributed by atoms with Crippen LogP contribution < -0.4 is 11.1 Å². The van der Waals surface area contributed by atoms with Gasteiger partial charge in [0.15, 0.2) is 0 Å². The van der Waals surface area contributed by atoms with Crippen molar-refractivity contribution in [3.05, 3.63) is 0 Å². The predicted molar refractivity (Wildman–Crippen MR) is 152 cm³/mol. The van der Waals surface area contributed by atoms with Crippen molar-refractivity contribution >= 4 is 23.6 Å². The van der Waals surface area contributed by atoms with Crippen molar-refractivity contribution in [1.29, 1.82) is 0 Å². The van der Waals surface area contributed by atoms with E-state index in [-0.39, 0.29) is 41.8 Å². The lowest BCUT2D eigenvalue weighted by Crippen LogP contribution is -2.61. The average Bonchev–Trinajstić information content (AvgIpc) is 3.54. The molecule has 10 heteroatoms. The molecule has 0 spiro atoms. The smallest absolute Gasteiger partial charge is 0.245 e. The summed E-state index contributed by atoms with van der Waals surface area (Å²) in [4.78, 5) is 60.4. The number of piperidine rings is 1. The van der Waals surface area contributed by atoms with E-state index < -0.39 is 23.4 Å². The molecule has 0 bridgehead atoms. The van der Waals surface area contributed by atoms with Gasteiger partial charge in [0.05, 0.1) is 12.1 Å². The minimum Gasteiger partial charge on any atom is -0.368 e. The molecule has 3 saturated heterocycles. The van der Waals surface area contributed by atoms with E-state index >= 15 is 0 Å². The standard InChI is InChI=1S/C29H52N6O4/c1-19(2)23(18-34-16-10-14-22(34)27(38)35-17-11-13-20(35)25(30)36)33(7)28(39)24(29(3,4)5)31-26(37)21-12-8-9-15-32(21)6/h19-24H,8-18H2,1-7H3,(H2,30,36)(H,31,37)/t20?,21?,22?,23-,24-/m1/s1. The van der Waals surface area contributed by atoms with E-state index in [4.69, 9.17) is 5.73 Å². The molecule has 3 aliphatic rings. The van der Waals surface area contributed by atoms with Gasteiger partial charge in [-0.05, 0) is 70.0 Å². The van der Waals surface area contributed by atoms with Crippen molar-refractivity contribution in [2.75, 3.05) is 40.3 Å². The second-order valence-electron chi connectivity index (χ2n) is 13.3. The highest BCUT2D eigenvalue weighted by molar-refractivity contribution is 5.91. The summed E-state index contributed by atoms with van der Waals surface area (Å²) < 4.78 is 0. The molecular weight excluding hydrogens is 496 g/mol. The summed E-state index contributed by atoms with van der Waals surface area (Å²) >= 11 is 0. The first-order valence-electron chi connectivity index (χ1n) is 14.8. The van der Waals surface area contributed by atoms with E-state index in [1.165, 1.54) is 0 Å². The number of nitrogens with zero attached hydrogens (tertiary/aromatic N) is 4. The third kappa shape index (κ3) is 7.31.